The van der Waals surface area contributed by atoms with Crippen LogP contribution in [0.1, 0.15) is 45.2 Å². The Kier molecular flexibility index (Phi) is 4.08. The second kappa shape index (κ2) is 5.71. The lowest BCUT2D eigenvalue weighted by Gasteiger charge is -2.48. The van der Waals surface area contributed by atoms with Crippen molar-refractivity contribution in [3.63, 3.8) is 0 Å². The summed E-state index contributed by atoms with van der Waals surface area (Å²) in [6.45, 7) is 10.4. The van der Waals surface area contributed by atoms with Gasteiger partial charge in [0.25, 0.3) is 0 Å². The molecule has 3 heteroatoms. The molecule has 0 saturated carbocycles. The Labute approximate surface area is 128 Å². The Morgan fingerprint density at radius 3 is 2.14 bits per heavy atom. The van der Waals surface area contributed by atoms with Crippen LogP contribution in [0.25, 0.3) is 0 Å². The van der Waals surface area contributed by atoms with Crippen molar-refractivity contribution in [3.05, 3.63) is 35.9 Å². The van der Waals surface area contributed by atoms with Crippen LogP contribution in [0.5, 0.6) is 0 Å². The van der Waals surface area contributed by atoms with Crippen LogP contribution in [0.4, 0.5) is 0 Å². The molecule has 1 aromatic rings. The molecular weight excluding hydrogens is 262 g/mol. The van der Waals surface area contributed by atoms with Crippen molar-refractivity contribution >= 4 is 0 Å². The zero-order valence-electron chi connectivity index (χ0n) is 13.5. The molecule has 116 valence electrons. The van der Waals surface area contributed by atoms with Crippen LogP contribution < -0.4 is 0 Å². The molecule has 3 rings (SSSR count). The highest BCUT2D eigenvalue weighted by Crippen LogP contribution is 2.37. The highest BCUT2D eigenvalue weighted by molar-refractivity contribution is 5.18. The molecule has 0 aromatic heterocycles. The molecule has 1 unspecified atom stereocenters. The molecule has 2 heterocycles. The fourth-order valence-electron chi connectivity index (χ4n) is 3.22. The minimum Gasteiger partial charge on any atom is -0.349 e. The van der Waals surface area contributed by atoms with E-state index in [-0.39, 0.29) is 11.2 Å². The third-order valence-electron chi connectivity index (χ3n) is 4.84. The second-order valence-electron chi connectivity index (χ2n) is 7.27. The van der Waals surface area contributed by atoms with Crippen LogP contribution in [0.15, 0.2) is 30.3 Å². The smallest absolute Gasteiger partial charge is 0.170 e. The maximum absolute atomic E-state index is 6.11. The van der Waals surface area contributed by atoms with Crippen LogP contribution >= 0.6 is 0 Å². The maximum Gasteiger partial charge on any atom is 0.170 e. The molecule has 1 aromatic carbocycles. The van der Waals surface area contributed by atoms with Crippen LogP contribution in [-0.4, -0.2) is 37.0 Å². The molecule has 2 saturated heterocycles. The normalized spacial score (nSPS) is 26.6. The zero-order chi connectivity index (χ0) is 14.9. The van der Waals surface area contributed by atoms with E-state index >= 15 is 0 Å². The fourth-order valence-corrected chi connectivity index (χ4v) is 3.22. The first-order valence-electron chi connectivity index (χ1n) is 8.07. The third-order valence-corrected chi connectivity index (χ3v) is 4.84. The van der Waals surface area contributed by atoms with Gasteiger partial charge in [0, 0.05) is 37.4 Å². The third kappa shape index (κ3) is 3.31. The van der Waals surface area contributed by atoms with Gasteiger partial charge < -0.3 is 9.47 Å². The summed E-state index contributed by atoms with van der Waals surface area (Å²) in [5.41, 5.74) is 1.54. The number of rotatable bonds is 2. The van der Waals surface area contributed by atoms with Gasteiger partial charge in [0.1, 0.15) is 0 Å². The van der Waals surface area contributed by atoms with Crippen LogP contribution in [0.2, 0.25) is 0 Å². The summed E-state index contributed by atoms with van der Waals surface area (Å²) in [5.74, 6) is -0.317. The van der Waals surface area contributed by atoms with Gasteiger partial charge in [-0.2, -0.15) is 0 Å². The van der Waals surface area contributed by atoms with E-state index in [0.29, 0.717) is 6.04 Å². The molecule has 0 N–H and O–H groups in total. The second-order valence-corrected chi connectivity index (χ2v) is 7.27. The van der Waals surface area contributed by atoms with Gasteiger partial charge in [-0.15, -0.1) is 0 Å². The Balaban J connectivity index is 1.58. The van der Waals surface area contributed by atoms with E-state index in [9.17, 15) is 0 Å². The number of hydrogen-bond donors (Lipinski definition) is 0. The Bertz CT molecular complexity index is 451. The minimum atomic E-state index is -0.317. The lowest BCUT2D eigenvalue weighted by Crippen LogP contribution is -2.53. The first kappa shape index (κ1) is 15.0. The van der Waals surface area contributed by atoms with Crippen molar-refractivity contribution in [1.29, 1.82) is 0 Å². The van der Waals surface area contributed by atoms with Gasteiger partial charge in [-0.05, 0) is 12.5 Å². The Morgan fingerprint density at radius 1 is 1.00 bits per heavy atom. The molecule has 2 aliphatic rings. The topological polar surface area (TPSA) is 21.7 Å². The molecule has 0 amide bonds. The van der Waals surface area contributed by atoms with Crippen LogP contribution in [0, 0.1) is 5.41 Å². The molecule has 0 radical (unpaired) electrons. The molecular formula is C18H27NO2. The largest absolute Gasteiger partial charge is 0.349 e. The first-order valence-corrected chi connectivity index (χ1v) is 8.07. The average Bonchev–Trinajstić information content (AvgIpc) is 2.52. The highest BCUT2D eigenvalue weighted by Gasteiger charge is 2.43. The molecule has 2 aliphatic heterocycles. The number of hydrogen-bond acceptors (Lipinski definition) is 3. The number of piperidine rings is 1. The summed E-state index contributed by atoms with van der Waals surface area (Å²) in [5, 5.41) is 0. The minimum absolute atomic E-state index is 0.152. The van der Waals surface area contributed by atoms with Gasteiger partial charge in [0.2, 0.25) is 0 Å². The van der Waals surface area contributed by atoms with Crippen molar-refractivity contribution in [1.82, 2.24) is 4.90 Å². The maximum atomic E-state index is 6.11. The summed E-state index contributed by atoms with van der Waals surface area (Å²) in [6.07, 6.45) is 1.94. The molecule has 21 heavy (non-hydrogen) atoms. The van der Waals surface area contributed by atoms with E-state index in [4.69, 9.17) is 9.47 Å². The van der Waals surface area contributed by atoms with E-state index < -0.39 is 0 Å². The van der Waals surface area contributed by atoms with Gasteiger partial charge in [-0.3, -0.25) is 4.90 Å². The quantitative estimate of drug-likeness (QED) is 0.830. The average molecular weight is 289 g/mol. The van der Waals surface area contributed by atoms with Crippen molar-refractivity contribution in [2.75, 3.05) is 26.3 Å². The van der Waals surface area contributed by atoms with Crippen molar-refractivity contribution in [2.24, 2.45) is 5.41 Å². The molecule has 2 fully saturated rings. The lowest BCUT2D eigenvalue weighted by atomic mass is 9.92. The predicted octanol–water partition coefficient (Wildman–Crippen LogP) is 3.61. The van der Waals surface area contributed by atoms with Gasteiger partial charge in [-0.1, -0.05) is 44.2 Å². The highest BCUT2D eigenvalue weighted by atomic mass is 16.7. The van der Waals surface area contributed by atoms with Gasteiger partial charge in [0.05, 0.1) is 13.2 Å². The number of nitrogens with zero attached hydrogens (tertiary/aromatic N) is 1. The molecule has 1 atom stereocenters. The monoisotopic (exact) mass is 289 g/mol. The fraction of sp³-hybridized carbons (Fsp3) is 0.667. The van der Waals surface area contributed by atoms with Crippen molar-refractivity contribution in [2.45, 2.75) is 45.4 Å². The van der Waals surface area contributed by atoms with Crippen LogP contribution in [0.3, 0.4) is 0 Å². The van der Waals surface area contributed by atoms with Gasteiger partial charge in [-0.25, -0.2) is 0 Å². The zero-order valence-corrected chi connectivity index (χ0v) is 13.5. The van der Waals surface area contributed by atoms with Crippen molar-refractivity contribution in [3.8, 4) is 0 Å². The predicted molar refractivity (Wildman–Crippen MR) is 84.1 cm³/mol. The molecule has 1 spiro atoms. The Morgan fingerprint density at radius 2 is 1.57 bits per heavy atom. The molecule has 0 aliphatic carbocycles. The van der Waals surface area contributed by atoms with E-state index in [1.54, 1.807) is 0 Å². The SMILES string of the molecule is CC(c1ccccc1)N1CCC2(CC1)OCC(C)(C)CO2. The number of likely N-dealkylation sites (tertiary alicyclic amines) is 1. The van der Waals surface area contributed by atoms with Gasteiger partial charge in [0.15, 0.2) is 5.79 Å². The van der Waals surface area contributed by atoms with E-state index in [1.165, 1.54) is 5.56 Å². The number of ether oxygens (including phenoxy) is 2. The summed E-state index contributed by atoms with van der Waals surface area (Å²) >= 11 is 0. The molecule has 0 bridgehead atoms. The number of benzene rings is 1. The summed E-state index contributed by atoms with van der Waals surface area (Å²) < 4.78 is 12.2. The summed E-state index contributed by atoms with van der Waals surface area (Å²) in [4.78, 5) is 2.53. The first-order chi connectivity index (χ1) is 10.00. The van der Waals surface area contributed by atoms with E-state index in [2.05, 4.69) is 56.0 Å². The van der Waals surface area contributed by atoms with E-state index in [1.807, 2.05) is 0 Å². The van der Waals surface area contributed by atoms with Crippen molar-refractivity contribution < 1.29 is 9.47 Å². The van der Waals surface area contributed by atoms with Crippen LogP contribution in [-0.2, 0) is 9.47 Å². The lowest BCUT2D eigenvalue weighted by molar-refractivity contribution is -0.313. The molecule has 3 nitrogen and oxygen atoms in total. The standard InChI is InChI=1S/C18H27NO2/c1-15(16-7-5-4-6-8-16)19-11-9-18(10-12-19)20-13-17(2,3)14-21-18/h4-8,15H,9-14H2,1-3H3. The van der Waals surface area contributed by atoms with Gasteiger partial charge >= 0.3 is 0 Å². The summed E-state index contributed by atoms with van der Waals surface area (Å²) in [7, 11) is 0. The Hall–Kier alpha value is -0.900. The summed E-state index contributed by atoms with van der Waals surface area (Å²) in [6, 6.07) is 11.2. The van der Waals surface area contributed by atoms with E-state index in [0.717, 1.165) is 39.1 Å².